The van der Waals surface area contributed by atoms with Crippen molar-refractivity contribution in [2.24, 2.45) is 0 Å². The Morgan fingerprint density at radius 1 is 0.241 bits per heavy atom. The highest BCUT2D eigenvalue weighted by Crippen LogP contribution is 2.44. The van der Waals surface area contributed by atoms with Crippen LogP contribution in [0.5, 0.6) is 11.5 Å². The summed E-state index contributed by atoms with van der Waals surface area (Å²) in [5.41, 5.74) is 16.4. The SMILES string of the molecule is CC(C[Si](C)(C)O[SiH](C)C)c1ccc(C(C)C[Si](C)(C)O[Si](C)(C)CCCOc2ccc(C(C)(C)c3ccc(OCCC[Si](C)(C)O[Si](C)(C)CC(C)c4cccc(C(C)C[Si](C)(C)O[SiH](C)C)c4)c(CCC[Si](C)(C)O[Si](C)(C)CC(C)c4cccc(C(C)C[Si](C)(C)O[SiH](C)C)c4)c3)cc2CCC[Si](C)(C)O[Si](C)(C)CC(C)c2cccc(C(C)C[Si](C)(C)O[SiH](C)C)c2)cc1. The molecular weight excluding hydrogens is 1890 g/mol. The van der Waals surface area contributed by atoms with Crippen LogP contribution in [0.3, 0.4) is 0 Å². The first-order valence-electron chi connectivity index (χ1n) is 52.4. The van der Waals surface area contributed by atoms with E-state index in [1.54, 1.807) is 0 Å². The highest BCUT2D eigenvalue weighted by molar-refractivity contribution is 6.87. The van der Waals surface area contributed by atoms with Crippen LogP contribution >= 0.6 is 0 Å². The van der Waals surface area contributed by atoms with Crippen LogP contribution in [0.25, 0.3) is 0 Å². The molecule has 6 aromatic carbocycles. The largest absolute Gasteiger partial charge is 0.493 e. The molecule has 0 bridgehead atoms. The van der Waals surface area contributed by atoms with Gasteiger partial charge < -0.3 is 42.4 Å². The van der Waals surface area contributed by atoms with Crippen LogP contribution in [0.4, 0.5) is 0 Å². The van der Waals surface area contributed by atoms with Crippen molar-refractivity contribution in [3.05, 3.63) is 200 Å². The van der Waals surface area contributed by atoms with Crippen LogP contribution in [0.2, 0.25) is 282 Å². The molecule has 0 aromatic heterocycles. The van der Waals surface area contributed by atoms with Crippen LogP contribution in [-0.2, 0) is 51.2 Å². The van der Waals surface area contributed by atoms with Crippen molar-refractivity contribution < 1.29 is 42.4 Å². The average molecular weight is 2100 g/mol. The Morgan fingerprint density at radius 3 is 0.662 bits per heavy atom. The molecule has 0 aliphatic carbocycles. The number of hydrogen-bond donors (Lipinski definition) is 0. The second-order valence-corrected chi connectivity index (χ2v) is 114. The zero-order chi connectivity index (χ0) is 100. The van der Waals surface area contributed by atoms with Gasteiger partial charge in [-0.25, -0.2) is 0 Å². The summed E-state index contributed by atoms with van der Waals surface area (Å²) in [6.07, 6.45) is 5.87. The van der Waals surface area contributed by atoms with E-state index in [1.807, 2.05) is 0 Å². The summed E-state index contributed by atoms with van der Waals surface area (Å²) >= 11 is 0. The Balaban J connectivity index is 1.27. The summed E-state index contributed by atoms with van der Waals surface area (Å²) in [6, 6.07) is 65.9. The Kier molecular flexibility index (Phi) is 45.9. The zero-order valence-corrected chi connectivity index (χ0v) is 110. The van der Waals surface area contributed by atoms with Gasteiger partial charge in [0.2, 0.25) is 0 Å². The molecule has 26 heteroatoms. The summed E-state index contributed by atoms with van der Waals surface area (Å²) in [6.45, 7) is 103. The molecule has 6 aromatic rings. The van der Waals surface area contributed by atoms with E-state index in [2.05, 4.69) is 412 Å². The van der Waals surface area contributed by atoms with Gasteiger partial charge in [-0.05, 0) is 447 Å². The minimum atomic E-state index is -2.13. The first-order chi connectivity index (χ1) is 61.0. The molecule has 0 aliphatic heterocycles. The van der Waals surface area contributed by atoms with Crippen LogP contribution in [0.15, 0.2) is 133 Å². The molecule has 0 N–H and O–H groups in total. The Bertz CT molecular complexity index is 4500. The molecule has 0 radical (unpaired) electrons. The highest BCUT2D eigenvalue weighted by atomic mass is 28.4. The molecule has 752 valence electrons. The van der Waals surface area contributed by atoms with Gasteiger partial charge in [-0.15, -0.1) is 0 Å². The van der Waals surface area contributed by atoms with Gasteiger partial charge in [0.05, 0.1) is 13.2 Å². The average Bonchev–Trinajstić information content (AvgIpc) is 0.778. The smallest absolute Gasteiger partial charge is 0.174 e. The number of aryl methyl sites for hydroxylation is 2. The molecule has 8 unspecified atom stereocenters. The van der Waals surface area contributed by atoms with E-state index in [0.29, 0.717) is 60.6 Å². The third-order valence-corrected chi connectivity index (χ3v) is 81.8. The van der Waals surface area contributed by atoms with Crippen molar-refractivity contribution in [3.63, 3.8) is 0 Å². The van der Waals surface area contributed by atoms with Crippen molar-refractivity contribution in [2.75, 3.05) is 13.2 Å². The van der Waals surface area contributed by atoms with Gasteiger partial charge in [0.15, 0.2) is 136 Å². The predicted octanol–water partition coefficient (Wildman–Crippen LogP) is 33.6. The van der Waals surface area contributed by atoms with Gasteiger partial charge in [-0.1, -0.05) is 191 Å². The number of benzene rings is 6. The van der Waals surface area contributed by atoms with E-state index in [4.69, 9.17) is 42.4 Å². The van der Waals surface area contributed by atoms with Crippen molar-refractivity contribution in [1.82, 2.24) is 0 Å². The molecule has 0 fully saturated rings. The molecular formula is C107H200O10Si16. The standard InChI is InChI=1S/C107H200O10Si16/c1-85(77-126(27,28)110-118(11)12)93-58-60-94(61-59-93)86(2)81-130(35,36)116-124(23,24)70-48-66-108-105-64-62-103(75-101(105)56-46-68-122(19,20)114-131(37,38)82-90(6)98-53-43-50-95(72-98)87(3)78-127(29,30)111-119(13)14)107(9,10)104-63-65-106(109-67-49-71-125(25,26)117-133(41,42)84-92(8)100-55-45-52-97(74-100)89(5)80-129(33,34)113-121(17)18)102(76-104)57-47-69-123(21,22)115-132(39,40)83-91(7)99-54-44-51-96(73-99)88(4)79-128(31,32)112-120(15)16/h43-45,50-55,58-65,72-76,85-92,118-121H,46-49,56-57,66-71,77-84H2,1-42H3. The molecule has 10 nitrogen and oxygen atoms in total. The van der Waals surface area contributed by atoms with E-state index in [1.165, 1.54) is 66.8 Å². The molecule has 0 spiro atoms. The maximum absolute atomic E-state index is 7.59. The van der Waals surface area contributed by atoms with E-state index in [-0.39, 0.29) is 5.41 Å². The van der Waals surface area contributed by atoms with Crippen LogP contribution < -0.4 is 9.47 Å². The monoisotopic (exact) mass is 2090 g/mol. The molecule has 8 atom stereocenters. The molecule has 0 saturated heterocycles. The maximum atomic E-state index is 7.59. The highest BCUT2D eigenvalue weighted by Gasteiger charge is 2.41. The summed E-state index contributed by atoms with van der Waals surface area (Å²) in [7, 11) is -28.0. The first-order valence-corrected chi connectivity index (χ1v) is 101. The summed E-state index contributed by atoms with van der Waals surface area (Å²) in [4.78, 5) is 0. The fourth-order valence-corrected chi connectivity index (χ4v) is 89.8. The van der Waals surface area contributed by atoms with Gasteiger partial charge in [0.1, 0.15) is 11.5 Å². The lowest BCUT2D eigenvalue weighted by molar-refractivity contribution is 0.311. The molecule has 0 aliphatic rings. The Hall–Kier alpha value is -1.93. The minimum Gasteiger partial charge on any atom is -0.493 e. The third-order valence-electron chi connectivity index (χ3n) is 27.4. The summed E-state index contributed by atoms with van der Waals surface area (Å²) in [5.74, 6) is 5.66. The van der Waals surface area contributed by atoms with Crippen molar-refractivity contribution >= 4 is 136 Å². The quantitative estimate of drug-likeness (QED) is 0.0272. The van der Waals surface area contributed by atoms with Crippen molar-refractivity contribution in [3.8, 4) is 11.5 Å². The molecule has 0 amide bonds. The number of ether oxygens (including phenoxy) is 2. The first kappa shape index (κ1) is 120. The van der Waals surface area contributed by atoms with Crippen LogP contribution in [0, 0.1) is 0 Å². The van der Waals surface area contributed by atoms with E-state index in [0.717, 1.165) is 123 Å². The topological polar surface area (TPSA) is 92.3 Å². The number of rotatable bonds is 60. The van der Waals surface area contributed by atoms with Crippen molar-refractivity contribution in [2.45, 2.75) is 443 Å². The fourth-order valence-electron chi connectivity index (χ4n) is 23.2. The molecule has 0 saturated carbocycles. The second kappa shape index (κ2) is 51.0. The Labute approximate surface area is 838 Å². The Morgan fingerprint density at radius 2 is 0.444 bits per heavy atom. The molecule has 6 rings (SSSR count). The van der Waals surface area contributed by atoms with E-state index >= 15 is 0 Å². The van der Waals surface area contributed by atoms with Crippen molar-refractivity contribution in [1.29, 1.82) is 0 Å². The van der Waals surface area contributed by atoms with Gasteiger partial charge in [0.25, 0.3) is 0 Å². The van der Waals surface area contributed by atoms with Gasteiger partial charge in [-0.2, -0.15) is 0 Å². The van der Waals surface area contributed by atoms with Gasteiger partial charge >= 0.3 is 0 Å². The zero-order valence-electron chi connectivity index (χ0n) is 93.4. The van der Waals surface area contributed by atoms with E-state index in [9.17, 15) is 0 Å². The van der Waals surface area contributed by atoms with Crippen LogP contribution in [-0.4, -0.2) is 149 Å². The molecule has 0 heterocycles. The maximum Gasteiger partial charge on any atom is 0.174 e. The minimum absolute atomic E-state index is 0.331. The lowest BCUT2D eigenvalue weighted by Crippen LogP contribution is -2.45. The predicted molar refractivity (Wildman–Crippen MR) is 627 cm³/mol. The fraction of sp³-hybridized carbons (Fsp3) is 0.664. The lowest BCUT2D eigenvalue weighted by atomic mass is 9.76. The van der Waals surface area contributed by atoms with Crippen LogP contribution in [0.1, 0.15) is 209 Å². The third kappa shape index (κ3) is 43.3. The summed E-state index contributed by atoms with van der Waals surface area (Å²) in [5, 5.41) is 0. The second-order valence-electron chi connectivity index (χ2n) is 50.6. The van der Waals surface area contributed by atoms with Gasteiger partial charge in [-0.3, -0.25) is 0 Å². The summed E-state index contributed by atoms with van der Waals surface area (Å²) < 4.78 is 70.9. The normalized spacial score (nSPS) is 15.6. The number of hydrogen-bond acceptors (Lipinski definition) is 10. The lowest BCUT2D eigenvalue weighted by Gasteiger charge is -2.36. The molecule has 133 heavy (non-hydrogen) atoms. The van der Waals surface area contributed by atoms with Gasteiger partial charge in [0, 0.05) is 5.41 Å². The van der Waals surface area contributed by atoms with E-state index < -0.39 is 136 Å².